The van der Waals surface area contributed by atoms with Gasteiger partial charge in [0.1, 0.15) is 17.2 Å². The molecule has 86 valence electrons. The van der Waals surface area contributed by atoms with E-state index < -0.39 is 0 Å². The van der Waals surface area contributed by atoms with Crippen LogP contribution in [-0.4, -0.2) is 11.9 Å². The van der Waals surface area contributed by atoms with Crippen LogP contribution in [0.3, 0.4) is 0 Å². The van der Waals surface area contributed by atoms with Gasteiger partial charge < -0.3 is 4.74 Å². The molecule has 0 unspecified atom stereocenters. The lowest BCUT2D eigenvalue weighted by molar-refractivity contribution is 0.0821. The van der Waals surface area contributed by atoms with Crippen molar-refractivity contribution in [1.29, 1.82) is 0 Å². The molecule has 3 heteroatoms. The minimum absolute atomic E-state index is 0.283. The molecule has 1 aromatic carbocycles. The van der Waals surface area contributed by atoms with Gasteiger partial charge in [-0.2, -0.15) is 0 Å². The van der Waals surface area contributed by atoms with Crippen molar-refractivity contribution in [3.05, 3.63) is 28.6 Å². The molecule has 1 aromatic rings. The molecular weight excluding hydrogens is 207 g/mol. The average molecular weight is 222 g/mol. The molecule has 0 N–H and O–H groups in total. The first kappa shape index (κ1) is 11.1. The molecule has 2 nitrogen and oxygen atoms in total. The number of aldehydes is 1. The molecule has 2 rings (SSSR count). The lowest BCUT2D eigenvalue weighted by Crippen LogP contribution is -2.33. The van der Waals surface area contributed by atoms with E-state index in [9.17, 15) is 9.18 Å². The van der Waals surface area contributed by atoms with Crippen LogP contribution in [0.5, 0.6) is 5.75 Å². The fourth-order valence-electron chi connectivity index (χ4n) is 2.01. The summed E-state index contributed by atoms with van der Waals surface area (Å²) in [5.41, 5.74) is 1.23. The van der Waals surface area contributed by atoms with E-state index in [2.05, 4.69) is 0 Å². The molecule has 1 aliphatic rings. The van der Waals surface area contributed by atoms with Crippen molar-refractivity contribution in [2.75, 3.05) is 0 Å². The third-order valence-corrected chi connectivity index (χ3v) is 3.09. The Balaban J connectivity index is 2.61. The van der Waals surface area contributed by atoms with Crippen molar-refractivity contribution in [1.82, 2.24) is 0 Å². The number of carbonyl (C=O) groups excluding carboxylic acids is 1. The standard InChI is InChI=1S/C13H15FO2/c1-8-10(7-15)12-9(6-11(8)14)4-5-13(2,3)16-12/h6-7H,4-5H2,1-3H3. The average Bonchev–Trinajstić information content (AvgIpc) is 2.20. The molecule has 0 aliphatic carbocycles. The van der Waals surface area contributed by atoms with E-state index in [1.165, 1.54) is 6.07 Å². The number of fused-ring (bicyclic) bond motifs is 1. The molecule has 0 fully saturated rings. The van der Waals surface area contributed by atoms with Gasteiger partial charge in [0, 0.05) is 0 Å². The highest BCUT2D eigenvalue weighted by Crippen LogP contribution is 2.37. The fraction of sp³-hybridized carbons (Fsp3) is 0.462. The smallest absolute Gasteiger partial charge is 0.154 e. The Bertz CT molecular complexity index is 450. The Morgan fingerprint density at radius 2 is 2.19 bits per heavy atom. The van der Waals surface area contributed by atoms with E-state index in [1.54, 1.807) is 6.92 Å². The molecule has 1 heterocycles. The molecule has 0 bridgehead atoms. The van der Waals surface area contributed by atoms with E-state index in [1.807, 2.05) is 13.8 Å². The maximum Gasteiger partial charge on any atom is 0.154 e. The third kappa shape index (κ3) is 1.70. The summed E-state index contributed by atoms with van der Waals surface area (Å²) >= 11 is 0. The quantitative estimate of drug-likeness (QED) is 0.683. The van der Waals surface area contributed by atoms with Crippen LogP contribution in [0.25, 0.3) is 0 Å². The summed E-state index contributed by atoms with van der Waals surface area (Å²) in [5, 5.41) is 0. The summed E-state index contributed by atoms with van der Waals surface area (Å²) in [6.45, 7) is 5.55. The van der Waals surface area contributed by atoms with Crippen molar-refractivity contribution in [3.63, 3.8) is 0 Å². The van der Waals surface area contributed by atoms with Crippen LogP contribution in [0, 0.1) is 12.7 Å². The zero-order chi connectivity index (χ0) is 11.9. The van der Waals surface area contributed by atoms with Crippen molar-refractivity contribution >= 4 is 6.29 Å². The Hall–Kier alpha value is -1.38. The number of hydrogen-bond acceptors (Lipinski definition) is 2. The van der Waals surface area contributed by atoms with Crippen LogP contribution in [0.4, 0.5) is 4.39 Å². The van der Waals surface area contributed by atoms with Gasteiger partial charge in [-0.05, 0) is 50.8 Å². The summed E-state index contributed by atoms with van der Waals surface area (Å²) in [4.78, 5) is 11.0. The van der Waals surface area contributed by atoms with Crippen molar-refractivity contribution in [3.8, 4) is 5.75 Å². The second kappa shape index (κ2) is 3.58. The first-order valence-corrected chi connectivity index (χ1v) is 5.41. The van der Waals surface area contributed by atoms with E-state index in [0.29, 0.717) is 23.2 Å². The number of hydrogen-bond donors (Lipinski definition) is 0. The number of rotatable bonds is 1. The zero-order valence-electron chi connectivity index (χ0n) is 9.76. The second-order valence-electron chi connectivity index (χ2n) is 4.86. The van der Waals surface area contributed by atoms with Crippen LogP contribution < -0.4 is 4.74 Å². The molecule has 0 amide bonds. The largest absolute Gasteiger partial charge is 0.487 e. The van der Waals surface area contributed by atoms with Crippen LogP contribution in [0.15, 0.2) is 6.07 Å². The fourth-order valence-corrected chi connectivity index (χ4v) is 2.01. The normalized spacial score (nSPS) is 17.5. The van der Waals surface area contributed by atoms with Crippen molar-refractivity contribution < 1.29 is 13.9 Å². The Labute approximate surface area is 94.4 Å². The maximum absolute atomic E-state index is 13.5. The van der Waals surface area contributed by atoms with Crippen LogP contribution >= 0.6 is 0 Å². The first-order chi connectivity index (χ1) is 7.44. The molecule has 0 aromatic heterocycles. The third-order valence-electron chi connectivity index (χ3n) is 3.09. The zero-order valence-corrected chi connectivity index (χ0v) is 9.76. The summed E-state index contributed by atoms with van der Waals surface area (Å²) in [6, 6.07) is 1.48. The van der Waals surface area contributed by atoms with Gasteiger partial charge in [-0.3, -0.25) is 4.79 Å². The predicted molar refractivity (Wildman–Crippen MR) is 59.6 cm³/mol. The van der Waals surface area contributed by atoms with Gasteiger partial charge in [0.2, 0.25) is 0 Å². The van der Waals surface area contributed by atoms with Gasteiger partial charge in [0.15, 0.2) is 6.29 Å². The van der Waals surface area contributed by atoms with Gasteiger partial charge in [-0.1, -0.05) is 0 Å². The van der Waals surface area contributed by atoms with E-state index in [0.717, 1.165) is 18.4 Å². The van der Waals surface area contributed by atoms with Crippen LogP contribution in [-0.2, 0) is 6.42 Å². The van der Waals surface area contributed by atoms with E-state index in [-0.39, 0.29) is 11.4 Å². The van der Waals surface area contributed by atoms with Gasteiger partial charge in [0.25, 0.3) is 0 Å². The van der Waals surface area contributed by atoms with Gasteiger partial charge in [-0.25, -0.2) is 4.39 Å². The number of benzene rings is 1. The van der Waals surface area contributed by atoms with Gasteiger partial charge in [0.05, 0.1) is 5.56 Å². The second-order valence-corrected chi connectivity index (χ2v) is 4.86. The molecular formula is C13H15FO2. The van der Waals surface area contributed by atoms with E-state index in [4.69, 9.17) is 4.74 Å². The van der Waals surface area contributed by atoms with Crippen LogP contribution in [0.1, 0.15) is 41.8 Å². The SMILES string of the molecule is Cc1c(F)cc2c(c1C=O)OC(C)(C)CC2. The molecule has 16 heavy (non-hydrogen) atoms. The van der Waals surface area contributed by atoms with E-state index >= 15 is 0 Å². The lowest BCUT2D eigenvalue weighted by Gasteiger charge is -2.33. The summed E-state index contributed by atoms with van der Waals surface area (Å²) in [6.07, 6.45) is 2.26. The monoisotopic (exact) mass is 222 g/mol. The lowest BCUT2D eigenvalue weighted by atomic mass is 9.91. The van der Waals surface area contributed by atoms with Crippen molar-refractivity contribution in [2.24, 2.45) is 0 Å². The van der Waals surface area contributed by atoms with Crippen LogP contribution in [0.2, 0.25) is 0 Å². The van der Waals surface area contributed by atoms with Gasteiger partial charge in [-0.15, -0.1) is 0 Å². The minimum atomic E-state index is -0.329. The number of carbonyl (C=O) groups is 1. The maximum atomic E-state index is 13.5. The predicted octanol–water partition coefficient (Wildman–Crippen LogP) is 3.05. The molecule has 0 spiro atoms. The van der Waals surface area contributed by atoms with Crippen molar-refractivity contribution in [2.45, 2.75) is 39.2 Å². The Morgan fingerprint density at radius 3 is 2.81 bits per heavy atom. The highest BCUT2D eigenvalue weighted by molar-refractivity contribution is 5.83. The topological polar surface area (TPSA) is 26.3 Å². The number of aryl methyl sites for hydroxylation is 1. The highest BCUT2D eigenvalue weighted by atomic mass is 19.1. The molecule has 0 saturated carbocycles. The highest BCUT2D eigenvalue weighted by Gasteiger charge is 2.29. The Kier molecular flexibility index (Phi) is 2.49. The molecule has 0 saturated heterocycles. The molecule has 0 atom stereocenters. The Morgan fingerprint density at radius 1 is 1.50 bits per heavy atom. The summed E-state index contributed by atoms with van der Waals surface area (Å²) in [5.74, 6) is 0.231. The first-order valence-electron chi connectivity index (χ1n) is 5.41. The summed E-state index contributed by atoms with van der Waals surface area (Å²) in [7, 11) is 0. The number of ether oxygens (including phenoxy) is 1. The molecule has 0 radical (unpaired) electrons. The molecule has 1 aliphatic heterocycles. The van der Waals surface area contributed by atoms with Gasteiger partial charge >= 0.3 is 0 Å². The number of halogens is 1. The minimum Gasteiger partial charge on any atom is -0.487 e. The summed E-state index contributed by atoms with van der Waals surface area (Å²) < 4.78 is 19.3.